The summed E-state index contributed by atoms with van der Waals surface area (Å²) in [5.74, 6) is -0.974. The molecule has 2 heterocycles. The van der Waals surface area contributed by atoms with Gasteiger partial charge in [-0.05, 0) is 68.4 Å². The van der Waals surface area contributed by atoms with Gasteiger partial charge in [0.25, 0.3) is 0 Å². The number of ether oxygens (including phenoxy) is 1. The van der Waals surface area contributed by atoms with E-state index in [0.717, 1.165) is 18.4 Å². The summed E-state index contributed by atoms with van der Waals surface area (Å²) in [6.07, 6.45) is 3.42. The lowest BCUT2D eigenvalue weighted by molar-refractivity contribution is -0.118. The first-order valence-corrected chi connectivity index (χ1v) is 15.6. The molecule has 2 aliphatic rings. The van der Waals surface area contributed by atoms with Crippen molar-refractivity contribution in [2.45, 2.75) is 56.7 Å². The van der Waals surface area contributed by atoms with Gasteiger partial charge in [-0.1, -0.05) is 29.8 Å². The molecule has 0 aliphatic carbocycles. The van der Waals surface area contributed by atoms with Gasteiger partial charge >= 0.3 is 0 Å². The van der Waals surface area contributed by atoms with Crippen molar-refractivity contribution >= 4 is 33.2 Å². The maximum Gasteiger partial charge on any atom is 0.241 e. The van der Waals surface area contributed by atoms with E-state index >= 15 is 4.39 Å². The van der Waals surface area contributed by atoms with E-state index in [2.05, 4.69) is 10.6 Å². The first-order valence-electron chi connectivity index (χ1n) is 13.4. The quantitative estimate of drug-likeness (QED) is 0.418. The molecule has 2 aromatic carbocycles. The highest BCUT2D eigenvalue weighted by Gasteiger charge is 2.36. The van der Waals surface area contributed by atoms with E-state index < -0.39 is 27.8 Å². The Balaban J connectivity index is 1.53. The van der Waals surface area contributed by atoms with E-state index in [4.69, 9.17) is 22.1 Å². The van der Waals surface area contributed by atoms with Crippen LogP contribution in [0.4, 0.5) is 10.1 Å². The average Bonchev–Trinajstić information content (AvgIpc) is 2.89. The van der Waals surface area contributed by atoms with Crippen molar-refractivity contribution in [2.24, 2.45) is 11.7 Å². The first kappa shape index (κ1) is 29.9. The van der Waals surface area contributed by atoms with Crippen LogP contribution in [0.3, 0.4) is 0 Å². The van der Waals surface area contributed by atoms with Crippen LogP contribution in [0.1, 0.15) is 43.2 Å². The Labute approximate surface area is 235 Å². The molecule has 0 aromatic heterocycles. The third-order valence-corrected chi connectivity index (χ3v) is 9.50. The van der Waals surface area contributed by atoms with Crippen LogP contribution >= 0.6 is 11.6 Å². The number of rotatable bonds is 9. The van der Waals surface area contributed by atoms with Gasteiger partial charge in [0.1, 0.15) is 5.82 Å². The zero-order chi connectivity index (χ0) is 28.2. The molecular formula is C28H38ClFN4O4S. The molecule has 4 rings (SSSR count). The Hall–Kier alpha value is -2.08. The number of piperazine rings is 1. The number of amides is 1. The first-order chi connectivity index (χ1) is 18.6. The molecule has 0 saturated carbocycles. The highest BCUT2D eigenvalue weighted by atomic mass is 35.5. The van der Waals surface area contributed by atoms with Crippen LogP contribution in [0.2, 0.25) is 5.02 Å². The van der Waals surface area contributed by atoms with Gasteiger partial charge in [0.2, 0.25) is 15.9 Å². The van der Waals surface area contributed by atoms with E-state index in [1.807, 2.05) is 19.1 Å². The van der Waals surface area contributed by atoms with Crippen molar-refractivity contribution in [1.82, 2.24) is 9.62 Å². The minimum absolute atomic E-state index is 0.149. The molecule has 2 aliphatic heterocycles. The second kappa shape index (κ2) is 13.1. The zero-order valence-corrected chi connectivity index (χ0v) is 24.0. The Morgan fingerprint density at radius 2 is 1.90 bits per heavy atom. The minimum atomic E-state index is -3.43. The fraction of sp³-hybridized carbons (Fsp3) is 0.536. The van der Waals surface area contributed by atoms with E-state index in [9.17, 15) is 13.2 Å². The van der Waals surface area contributed by atoms with Crippen LogP contribution in [0.25, 0.3) is 0 Å². The van der Waals surface area contributed by atoms with Crippen LogP contribution < -0.4 is 16.4 Å². The molecule has 11 heteroatoms. The Kier molecular flexibility index (Phi) is 10.0. The fourth-order valence-electron chi connectivity index (χ4n) is 5.98. The lowest BCUT2D eigenvalue weighted by Crippen LogP contribution is -2.58. The van der Waals surface area contributed by atoms with Crippen molar-refractivity contribution in [3.8, 4) is 0 Å². The predicted octanol–water partition coefficient (Wildman–Crippen LogP) is 3.51. The van der Waals surface area contributed by atoms with Crippen LogP contribution in [0.15, 0.2) is 42.5 Å². The number of hydrogen-bond acceptors (Lipinski definition) is 6. The molecule has 4 unspecified atom stereocenters. The lowest BCUT2D eigenvalue weighted by atomic mass is 9.76. The summed E-state index contributed by atoms with van der Waals surface area (Å²) in [5, 5.41) is 6.74. The highest BCUT2D eigenvalue weighted by molar-refractivity contribution is 7.88. The Morgan fingerprint density at radius 3 is 2.56 bits per heavy atom. The maximum absolute atomic E-state index is 15.1. The third-order valence-electron chi connectivity index (χ3n) is 7.82. The second-order valence-corrected chi connectivity index (χ2v) is 12.9. The predicted molar refractivity (Wildman–Crippen MR) is 152 cm³/mol. The molecule has 8 nitrogen and oxygen atoms in total. The number of carbonyl (C=O) groups is 1. The summed E-state index contributed by atoms with van der Waals surface area (Å²) in [7, 11) is -3.43. The van der Waals surface area contributed by atoms with E-state index in [1.165, 1.54) is 16.6 Å². The van der Waals surface area contributed by atoms with E-state index in [0.29, 0.717) is 49.0 Å². The SMILES string of the molecule is CC1CNCC(CCc2c(F)cccc2NC(=O)C(N)C(c2ccc(Cl)cc2)C2CCOCC2)N1S(C)(=O)=O. The van der Waals surface area contributed by atoms with Crippen molar-refractivity contribution in [3.63, 3.8) is 0 Å². The number of nitrogens with zero attached hydrogens (tertiary/aromatic N) is 1. The molecule has 4 N–H and O–H groups in total. The number of anilines is 1. The molecule has 0 bridgehead atoms. The van der Waals surface area contributed by atoms with Crippen molar-refractivity contribution < 1.29 is 22.3 Å². The normalized spacial score (nSPS) is 22.8. The average molecular weight is 581 g/mol. The summed E-state index contributed by atoms with van der Waals surface area (Å²) in [4.78, 5) is 13.5. The van der Waals surface area contributed by atoms with Crippen LogP contribution in [-0.4, -0.2) is 69.3 Å². The van der Waals surface area contributed by atoms with Gasteiger partial charge in [0.05, 0.1) is 12.3 Å². The van der Waals surface area contributed by atoms with Gasteiger partial charge in [-0.3, -0.25) is 4.79 Å². The van der Waals surface area contributed by atoms with Crippen molar-refractivity contribution in [3.05, 3.63) is 64.4 Å². The number of nitrogens with two attached hydrogens (primary N) is 1. The Morgan fingerprint density at radius 1 is 1.21 bits per heavy atom. The van der Waals surface area contributed by atoms with Crippen molar-refractivity contribution in [2.75, 3.05) is 37.9 Å². The van der Waals surface area contributed by atoms with Gasteiger partial charge in [0.15, 0.2) is 0 Å². The topological polar surface area (TPSA) is 114 Å². The smallest absolute Gasteiger partial charge is 0.241 e. The molecular weight excluding hydrogens is 543 g/mol. The van der Waals surface area contributed by atoms with Crippen LogP contribution in [0, 0.1) is 11.7 Å². The summed E-state index contributed by atoms with van der Waals surface area (Å²) in [5.41, 5.74) is 8.21. The standard InChI is InChI=1S/C28H38ClFN4O4S/c1-18-16-32-17-22(34(18)39(2,36)37)10-11-23-24(30)4-3-5-25(23)33-28(35)27(31)26(20-12-14-38-15-13-20)19-6-8-21(29)9-7-19/h3-9,18,20,22,26-27,32H,10-17,31H2,1-2H3,(H,33,35). The van der Waals surface area contributed by atoms with Gasteiger partial charge < -0.3 is 21.1 Å². The summed E-state index contributed by atoms with van der Waals surface area (Å²) < 4.78 is 47.0. The van der Waals surface area contributed by atoms with E-state index in [1.54, 1.807) is 24.3 Å². The van der Waals surface area contributed by atoms with Gasteiger partial charge in [-0.2, -0.15) is 4.31 Å². The number of sulfonamides is 1. The number of nitrogens with one attached hydrogen (secondary N) is 2. The largest absolute Gasteiger partial charge is 0.381 e. The number of carbonyl (C=O) groups excluding carboxylic acids is 1. The zero-order valence-electron chi connectivity index (χ0n) is 22.4. The summed E-state index contributed by atoms with van der Waals surface area (Å²) in [6, 6.07) is 10.5. The number of hydrogen-bond donors (Lipinski definition) is 3. The van der Waals surface area contributed by atoms with Gasteiger partial charge in [-0.15, -0.1) is 0 Å². The molecule has 39 heavy (non-hydrogen) atoms. The van der Waals surface area contributed by atoms with Crippen molar-refractivity contribution in [1.29, 1.82) is 0 Å². The fourth-order valence-corrected chi connectivity index (χ4v) is 7.55. The highest BCUT2D eigenvalue weighted by Crippen LogP contribution is 2.35. The molecule has 214 valence electrons. The number of benzene rings is 2. The molecule has 0 spiro atoms. The second-order valence-electron chi connectivity index (χ2n) is 10.6. The maximum atomic E-state index is 15.1. The molecule has 1 amide bonds. The monoisotopic (exact) mass is 580 g/mol. The molecule has 2 saturated heterocycles. The lowest BCUT2D eigenvalue weighted by Gasteiger charge is -2.39. The van der Waals surface area contributed by atoms with Gasteiger partial charge in [-0.25, -0.2) is 12.8 Å². The molecule has 2 aromatic rings. The van der Waals surface area contributed by atoms with Crippen LogP contribution in [-0.2, 0) is 26.0 Å². The van der Waals surface area contributed by atoms with Crippen LogP contribution in [0.5, 0.6) is 0 Å². The van der Waals surface area contributed by atoms with E-state index in [-0.39, 0.29) is 30.3 Å². The van der Waals surface area contributed by atoms with Gasteiger partial charge in [0, 0.05) is 60.6 Å². The minimum Gasteiger partial charge on any atom is -0.381 e. The summed E-state index contributed by atoms with van der Waals surface area (Å²) in [6.45, 7) is 4.11. The molecule has 2 fully saturated rings. The number of halogens is 2. The third kappa shape index (κ3) is 7.36. The summed E-state index contributed by atoms with van der Waals surface area (Å²) >= 11 is 6.11. The molecule has 4 atom stereocenters. The molecule has 0 radical (unpaired) electrons. The Bertz CT molecular complexity index is 1240.